The third kappa shape index (κ3) is 6.71. The van der Waals surface area contributed by atoms with Gasteiger partial charge in [-0.15, -0.1) is 0 Å². The Kier molecular flexibility index (Phi) is 8.40. The Morgan fingerprint density at radius 3 is 1.88 bits per heavy atom. The van der Waals surface area contributed by atoms with Gasteiger partial charge in [0.25, 0.3) is 0 Å². The number of rotatable bonds is 6. The summed E-state index contributed by atoms with van der Waals surface area (Å²) in [6.45, 7) is 3.40. The van der Waals surface area contributed by atoms with E-state index in [9.17, 15) is 0 Å². The van der Waals surface area contributed by atoms with E-state index in [0.717, 1.165) is 22.4 Å². The Labute approximate surface area is 155 Å². The lowest BCUT2D eigenvalue weighted by atomic mass is 10.1. The van der Waals surface area contributed by atoms with Crippen LogP contribution in [0.15, 0.2) is 78.9 Å². The van der Waals surface area contributed by atoms with Crippen molar-refractivity contribution < 1.29 is 14.6 Å². The van der Waals surface area contributed by atoms with Gasteiger partial charge in [-0.1, -0.05) is 72.8 Å². The maximum absolute atomic E-state index is 8.54. The van der Waals surface area contributed by atoms with E-state index in [-0.39, 0.29) is 6.61 Å². The van der Waals surface area contributed by atoms with Crippen LogP contribution < -0.4 is 4.74 Å². The van der Waals surface area contributed by atoms with Crippen LogP contribution in [-0.2, 0) is 24.6 Å². The van der Waals surface area contributed by atoms with Crippen molar-refractivity contribution in [1.82, 2.24) is 0 Å². The summed E-state index contributed by atoms with van der Waals surface area (Å²) < 4.78 is 11.0. The van der Waals surface area contributed by atoms with Crippen LogP contribution in [0, 0.1) is 6.92 Å². The van der Waals surface area contributed by atoms with E-state index < -0.39 is 0 Å². The third-order valence-electron chi connectivity index (χ3n) is 3.83. The van der Waals surface area contributed by atoms with Crippen LogP contribution in [0.1, 0.15) is 22.3 Å². The number of benzene rings is 3. The quantitative estimate of drug-likeness (QED) is 0.687. The number of aliphatic hydroxyl groups is 1. The molecule has 0 aromatic heterocycles. The predicted molar refractivity (Wildman–Crippen MR) is 105 cm³/mol. The topological polar surface area (TPSA) is 38.7 Å². The lowest BCUT2D eigenvalue weighted by Crippen LogP contribution is -1.98. The highest BCUT2D eigenvalue weighted by atomic mass is 16.5. The summed E-state index contributed by atoms with van der Waals surface area (Å²) in [5.74, 6) is 0.924. The standard InChI is InChI=1S/C16H18O2.C7H8O/c1-13-8-9-15(11-17-2)10-16(13)18-12-14-6-4-3-5-7-14;8-6-7-4-2-1-3-5-7/h3-10H,11-12H2,1-2H3;1-5,8H,6H2. The molecule has 0 radical (unpaired) electrons. The van der Waals surface area contributed by atoms with Gasteiger partial charge in [0.2, 0.25) is 0 Å². The van der Waals surface area contributed by atoms with Gasteiger partial charge >= 0.3 is 0 Å². The van der Waals surface area contributed by atoms with Crippen LogP contribution in [-0.4, -0.2) is 12.2 Å². The molecule has 0 saturated carbocycles. The normalized spacial score (nSPS) is 9.96. The molecular formula is C23H26O3. The second-order valence-corrected chi connectivity index (χ2v) is 5.95. The Hall–Kier alpha value is -2.62. The first-order valence-electron chi connectivity index (χ1n) is 8.63. The summed E-state index contributed by atoms with van der Waals surface area (Å²) in [5.41, 5.74) is 4.42. The maximum Gasteiger partial charge on any atom is 0.123 e. The Bertz CT molecular complexity index is 755. The fourth-order valence-electron chi connectivity index (χ4n) is 2.38. The molecule has 0 aliphatic carbocycles. The smallest absolute Gasteiger partial charge is 0.123 e. The largest absolute Gasteiger partial charge is 0.489 e. The van der Waals surface area contributed by atoms with Crippen LogP contribution in [0.25, 0.3) is 0 Å². The van der Waals surface area contributed by atoms with Crippen molar-refractivity contribution >= 4 is 0 Å². The average molecular weight is 350 g/mol. The summed E-state index contributed by atoms with van der Waals surface area (Å²) >= 11 is 0. The van der Waals surface area contributed by atoms with E-state index in [0.29, 0.717) is 13.2 Å². The maximum atomic E-state index is 8.54. The van der Waals surface area contributed by atoms with Gasteiger partial charge in [0.1, 0.15) is 12.4 Å². The molecule has 1 N–H and O–H groups in total. The van der Waals surface area contributed by atoms with Crippen LogP contribution in [0.2, 0.25) is 0 Å². The van der Waals surface area contributed by atoms with E-state index in [2.05, 4.69) is 31.2 Å². The Balaban J connectivity index is 0.000000254. The van der Waals surface area contributed by atoms with Crippen molar-refractivity contribution in [3.63, 3.8) is 0 Å². The van der Waals surface area contributed by atoms with Crippen LogP contribution in [0.3, 0.4) is 0 Å². The van der Waals surface area contributed by atoms with Gasteiger partial charge in [-0.2, -0.15) is 0 Å². The number of hydrogen-bond acceptors (Lipinski definition) is 3. The highest BCUT2D eigenvalue weighted by molar-refractivity contribution is 5.36. The average Bonchev–Trinajstić information content (AvgIpc) is 2.70. The molecule has 3 heteroatoms. The zero-order chi connectivity index (χ0) is 18.6. The number of aryl methyl sites for hydroxylation is 1. The molecule has 26 heavy (non-hydrogen) atoms. The van der Waals surface area contributed by atoms with Crippen molar-refractivity contribution in [1.29, 1.82) is 0 Å². The van der Waals surface area contributed by atoms with Crippen molar-refractivity contribution in [3.8, 4) is 5.75 Å². The van der Waals surface area contributed by atoms with E-state index in [1.807, 2.05) is 54.6 Å². The zero-order valence-corrected chi connectivity index (χ0v) is 15.4. The van der Waals surface area contributed by atoms with Crippen molar-refractivity contribution in [2.24, 2.45) is 0 Å². The molecule has 0 atom stereocenters. The minimum Gasteiger partial charge on any atom is -0.489 e. The molecule has 0 heterocycles. The first-order valence-corrected chi connectivity index (χ1v) is 8.63. The minimum absolute atomic E-state index is 0.140. The fourth-order valence-corrected chi connectivity index (χ4v) is 2.38. The van der Waals surface area contributed by atoms with Gasteiger partial charge in [-0.25, -0.2) is 0 Å². The summed E-state index contributed by atoms with van der Waals surface area (Å²) in [7, 11) is 1.70. The minimum atomic E-state index is 0.140. The molecule has 0 unspecified atom stereocenters. The summed E-state index contributed by atoms with van der Waals surface area (Å²) in [4.78, 5) is 0. The van der Waals surface area contributed by atoms with E-state index in [4.69, 9.17) is 14.6 Å². The summed E-state index contributed by atoms with van der Waals surface area (Å²) in [6, 6.07) is 25.9. The van der Waals surface area contributed by atoms with Crippen molar-refractivity contribution in [2.75, 3.05) is 7.11 Å². The van der Waals surface area contributed by atoms with Gasteiger partial charge < -0.3 is 14.6 Å². The van der Waals surface area contributed by atoms with Crippen molar-refractivity contribution in [2.45, 2.75) is 26.7 Å². The molecule has 0 aliphatic heterocycles. The van der Waals surface area contributed by atoms with Gasteiger partial charge in [0, 0.05) is 7.11 Å². The van der Waals surface area contributed by atoms with Gasteiger partial charge in [0.15, 0.2) is 0 Å². The highest BCUT2D eigenvalue weighted by Gasteiger charge is 2.02. The number of hydrogen-bond donors (Lipinski definition) is 1. The van der Waals surface area contributed by atoms with Crippen LogP contribution in [0.4, 0.5) is 0 Å². The summed E-state index contributed by atoms with van der Waals surface area (Å²) in [6.07, 6.45) is 0. The SMILES string of the molecule is COCc1ccc(C)c(OCc2ccccc2)c1.OCc1ccccc1. The number of aliphatic hydroxyl groups excluding tert-OH is 1. The highest BCUT2D eigenvalue weighted by Crippen LogP contribution is 2.21. The molecule has 0 fully saturated rings. The predicted octanol–water partition coefficient (Wildman–Crippen LogP) is 4.90. The Morgan fingerprint density at radius 2 is 1.35 bits per heavy atom. The molecule has 3 aromatic carbocycles. The Morgan fingerprint density at radius 1 is 0.731 bits per heavy atom. The van der Waals surface area contributed by atoms with Gasteiger partial charge in [0.05, 0.1) is 13.2 Å². The first kappa shape index (κ1) is 19.7. The molecule has 136 valence electrons. The molecular weight excluding hydrogens is 324 g/mol. The van der Waals surface area contributed by atoms with Gasteiger partial charge in [-0.05, 0) is 35.2 Å². The molecule has 0 aliphatic rings. The molecule has 0 amide bonds. The summed E-state index contributed by atoms with van der Waals surface area (Å²) in [5, 5.41) is 8.54. The van der Waals surface area contributed by atoms with Gasteiger partial charge in [-0.3, -0.25) is 0 Å². The second kappa shape index (κ2) is 11.1. The first-order chi connectivity index (χ1) is 12.7. The van der Waals surface area contributed by atoms with E-state index in [1.54, 1.807) is 7.11 Å². The molecule has 3 nitrogen and oxygen atoms in total. The van der Waals surface area contributed by atoms with Crippen LogP contribution >= 0.6 is 0 Å². The third-order valence-corrected chi connectivity index (χ3v) is 3.83. The molecule has 3 aromatic rings. The monoisotopic (exact) mass is 350 g/mol. The molecule has 0 spiro atoms. The van der Waals surface area contributed by atoms with E-state index >= 15 is 0 Å². The zero-order valence-electron chi connectivity index (χ0n) is 15.4. The fraction of sp³-hybridized carbons (Fsp3) is 0.217. The van der Waals surface area contributed by atoms with E-state index in [1.165, 1.54) is 5.56 Å². The molecule has 3 rings (SSSR count). The number of methoxy groups -OCH3 is 1. The van der Waals surface area contributed by atoms with Crippen molar-refractivity contribution in [3.05, 3.63) is 101 Å². The molecule has 0 saturated heterocycles. The molecule has 0 bridgehead atoms. The lowest BCUT2D eigenvalue weighted by Gasteiger charge is -2.11. The number of ether oxygens (including phenoxy) is 2. The second-order valence-electron chi connectivity index (χ2n) is 5.95. The lowest BCUT2D eigenvalue weighted by molar-refractivity contribution is 0.184. The van der Waals surface area contributed by atoms with Crippen LogP contribution in [0.5, 0.6) is 5.75 Å².